The topological polar surface area (TPSA) is 78.4 Å². The van der Waals surface area contributed by atoms with Crippen molar-refractivity contribution in [2.45, 2.75) is 0 Å². The van der Waals surface area contributed by atoms with E-state index in [-0.39, 0.29) is 17.1 Å². The molecule has 6 heteroatoms. The van der Waals surface area contributed by atoms with Gasteiger partial charge in [-0.2, -0.15) is 0 Å². The molecule has 0 aliphatic heterocycles. The molecule has 0 saturated heterocycles. The number of halogens is 1. The average molecular weight is 309 g/mol. The first-order chi connectivity index (χ1) is 8.58. The summed E-state index contributed by atoms with van der Waals surface area (Å²) in [7, 11) is 0. The highest BCUT2D eigenvalue weighted by Crippen LogP contribution is 2.35. The summed E-state index contributed by atoms with van der Waals surface area (Å²) in [5, 5.41) is 10.9. The minimum atomic E-state index is -0.552. The number of hydrogen-bond acceptors (Lipinski definition) is 4. The van der Waals surface area contributed by atoms with Gasteiger partial charge in [-0.05, 0) is 36.4 Å². The van der Waals surface area contributed by atoms with Gasteiger partial charge in [-0.25, -0.2) is 0 Å². The van der Waals surface area contributed by atoms with E-state index in [2.05, 4.69) is 15.9 Å². The minimum Gasteiger partial charge on any atom is -0.450 e. The van der Waals surface area contributed by atoms with Crippen molar-refractivity contribution >= 4 is 27.3 Å². The summed E-state index contributed by atoms with van der Waals surface area (Å²) in [6.45, 7) is 0. The van der Waals surface area contributed by atoms with Crippen LogP contribution < -0.4 is 10.5 Å². The number of benzene rings is 2. The van der Waals surface area contributed by atoms with Gasteiger partial charge >= 0.3 is 5.69 Å². The van der Waals surface area contributed by atoms with Gasteiger partial charge in [-0.1, -0.05) is 22.0 Å². The lowest BCUT2D eigenvalue weighted by atomic mass is 10.2. The molecule has 0 saturated carbocycles. The van der Waals surface area contributed by atoms with Gasteiger partial charge in [0.05, 0.1) is 4.92 Å². The van der Waals surface area contributed by atoms with Crippen LogP contribution in [0.4, 0.5) is 11.4 Å². The van der Waals surface area contributed by atoms with Gasteiger partial charge in [-0.3, -0.25) is 10.1 Å². The molecule has 0 unspecified atom stereocenters. The molecule has 0 radical (unpaired) electrons. The summed E-state index contributed by atoms with van der Waals surface area (Å²) in [6.07, 6.45) is 0. The third kappa shape index (κ3) is 2.60. The van der Waals surface area contributed by atoms with Gasteiger partial charge in [0.2, 0.25) is 5.75 Å². The molecular weight excluding hydrogens is 300 g/mol. The van der Waals surface area contributed by atoms with Crippen LogP contribution in [0, 0.1) is 10.1 Å². The molecule has 92 valence electrons. The SMILES string of the molecule is Nc1cccc(Oc2ccc(Br)cc2)c1[N+](=O)[O-]. The van der Waals surface area contributed by atoms with E-state index in [1.807, 2.05) is 0 Å². The Kier molecular flexibility index (Phi) is 3.47. The van der Waals surface area contributed by atoms with E-state index in [4.69, 9.17) is 10.5 Å². The molecule has 0 bridgehead atoms. The smallest absolute Gasteiger partial charge is 0.334 e. The van der Waals surface area contributed by atoms with E-state index >= 15 is 0 Å². The average Bonchev–Trinajstić information content (AvgIpc) is 2.32. The standard InChI is InChI=1S/C12H9BrN2O3/c13-8-4-6-9(7-5-8)18-11-3-1-2-10(14)12(11)15(16)17/h1-7H,14H2. The number of hydrogen-bond donors (Lipinski definition) is 1. The third-order valence-corrected chi connectivity index (χ3v) is 2.78. The number of anilines is 1. The van der Waals surface area contributed by atoms with Crippen molar-refractivity contribution in [3.63, 3.8) is 0 Å². The van der Waals surface area contributed by atoms with Crippen molar-refractivity contribution in [2.24, 2.45) is 0 Å². The van der Waals surface area contributed by atoms with Crippen molar-refractivity contribution in [1.82, 2.24) is 0 Å². The molecule has 0 atom stereocenters. The van der Waals surface area contributed by atoms with Crippen molar-refractivity contribution in [1.29, 1.82) is 0 Å². The molecule has 0 aliphatic rings. The quantitative estimate of drug-likeness (QED) is 0.532. The lowest BCUT2D eigenvalue weighted by Crippen LogP contribution is -1.98. The Hall–Kier alpha value is -2.08. The number of nitrogen functional groups attached to an aromatic ring is 1. The zero-order chi connectivity index (χ0) is 13.1. The maximum absolute atomic E-state index is 10.9. The highest BCUT2D eigenvalue weighted by atomic mass is 79.9. The molecule has 0 amide bonds. The summed E-state index contributed by atoms with van der Waals surface area (Å²) in [4.78, 5) is 10.4. The number of nitro benzene ring substituents is 1. The Balaban J connectivity index is 2.37. The van der Waals surface area contributed by atoms with Crippen LogP contribution in [-0.2, 0) is 0 Å². The van der Waals surface area contributed by atoms with E-state index in [0.717, 1.165) is 4.47 Å². The zero-order valence-corrected chi connectivity index (χ0v) is 10.8. The van der Waals surface area contributed by atoms with E-state index in [1.165, 1.54) is 12.1 Å². The van der Waals surface area contributed by atoms with E-state index in [9.17, 15) is 10.1 Å². The van der Waals surface area contributed by atoms with Gasteiger partial charge in [0.15, 0.2) is 0 Å². The van der Waals surface area contributed by atoms with Gasteiger partial charge in [0, 0.05) is 4.47 Å². The molecule has 5 nitrogen and oxygen atoms in total. The summed E-state index contributed by atoms with van der Waals surface area (Å²) in [6, 6.07) is 11.6. The number of rotatable bonds is 3. The molecule has 0 heterocycles. The molecule has 0 spiro atoms. The Morgan fingerprint density at radius 2 is 1.83 bits per heavy atom. The number of nitro groups is 1. The lowest BCUT2D eigenvalue weighted by molar-refractivity contribution is -0.384. The third-order valence-electron chi connectivity index (χ3n) is 2.25. The van der Waals surface area contributed by atoms with Crippen molar-refractivity contribution in [3.05, 3.63) is 57.1 Å². The summed E-state index contributed by atoms with van der Waals surface area (Å²) in [5.74, 6) is 0.634. The van der Waals surface area contributed by atoms with Crippen LogP contribution in [0.15, 0.2) is 46.9 Å². The Bertz CT molecular complexity index is 584. The lowest BCUT2D eigenvalue weighted by Gasteiger charge is -2.07. The Morgan fingerprint density at radius 1 is 1.17 bits per heavy atom. The van der Waals surface area contributed by atoms with Gasteiger partial charge in [0.1, 0.15) is 11.4 Å². The predicted molar refractivity (Wildman–Crippen MR) is 71.7 cm³/mol. The van der Waals surface area contributed by atoms with Crippen LogP contribution in [-0.4, -0.2) is 4.92 Å². The fourth-order valence-electron chi connectivity index (χ4n) is 1.45. The molecular formula is C12H9BrN2O3. The van der Waals surface area contributed by atoms with E-state index in [0.29, 0.717) is 5.75 Å². The maximum atomic E-state index is 10.9. The van der Waals surface area contributed by atoms with Gasteiger partial charge < -0.3 is 10.5 Å². The fourth-order valence-corrected chi connectivity index (χ4v) is 1.71. The van der Waals surface area contributed by atoms with Crippen LogP contribution in [0.25, 0.3) is 0 Å². The highest BCUT2D eigenvalue weighted by Gasteiger charge is 2.19. The number of ether oxygens (including phenoxy) is 1. The van der Waals surface area contributed by atoms with E-state index in [1.54, 1.807) is 30.3 Å². The normalized spacial score (nSPS) is 10.1. The van der Waals surface area contributed by atoms with Crippen LogP contribution in [0.1, 0.15) is 0 Å². The fraction of sp³-hybridized carbons (Fsp3) is 0. The first-order valence-corrected chi connectivity index (χ1v) is 5.83. The number of nitrogens with two attached hydrogens (primary N) is 1. The van der Waals surface area contributed by atoms with Crippen LogP contribution in [0.2, 0.25) is 0 Å². The number of para-hydroxylation sites is 1. The second-order valence-electron chi connectivity index (χ2n) is 3.51. The second-order valence-corrected chi connectivity index (χ2v) is 4.42. The van der Waals surface area contributed by atoms with Gasteiger partial charge in [-0.15, -0.1) is 0 Å². The van der Waals surface area contributed by atoms with Crippen LogP contribution in [0.3, 0.4) is 0 Å². The first-order valence-electron chi connectivity index (χ1n) is 5.04. The van der Waals surface area contributed by atoms with E-state index < -0.39 is 4.92 Å². The predicted octanol–water partition coefficient (Wildman–Crippen LogP) is 3.73. The van der Waals surface area contributed by atoms with Crippen LogP contribution in [0.5, 0.6) is 11.5 Å². The molecule has 2 aromatic carbocycles. The maximum Gasteiger partial charge on any atom is 0.334 e. The van der Waals surface area contributed by atoms with Gasteiger partial charge in [0.25, 0.3) is 0 Å². The number of nitrogens with zero attached hydrogens (tertiary/aromatic N) is 1. The molecule has 2 N–H and O–H groups in total. The minimum absolute atomic E-state index is 0.0783. The molecule has 18 heavy (non-hydrogen) atoms. The summed E-state index contributed by atoms with van der Waals surface area (Å²) >= 11 is 3.30. The highest BCUT2D eigenvalue weighted by molar-refractivity contribution is 9.10. The molecule has 0 aliphatic carbocycles. The molecule has 0 fully saturated rings. The zero-order valence-electron chi connectivity index (χ0n) is 9.17. The Labute approximate surface area is 111 Å². The van der Waals surface area contributed by atoms with Crippen molar-refractivity contribution in [3.8, 4) is 11.5 Å². The van der Waals surface area contributed by atoms with Crippen molar-refractivity contribution < 1.29 is 9.66 Å². The molecule has 0 aromatic heterocycles. The summed E-state index contributed by atoms with van der Waals surface area (Å²) < 4.78 is 6.36. The largest absolute Gasteiger partial charge is 0.450 e. The van der Waals surface area contributed by atoms with Crippen molar-refractivity contribution in [2.75, 3.05) is 5.73 Å². The van der Waals surface area contributed by atoms with Crippen LogP contribution >= 0.6 is 15.9 Å². The second kappa shape index (κ2) is 5.05. The Morgan fingerprint density at radius 3 is 2.44 bits per heavy atom. The molecule has 2 aromatic rings. The first kappa shape index (κ1) is 12.4. The monoisotopic (exact) mass is 308 g/mol. The molecule has 2 rings (SSSR count). The summed E-state index contributed by atoms with van der Waals surface area (Å²) in [5.41, 5.74) is 5.43.